The van der Waals surface area contributed by atoms with Crippen LogP contribution in [-0.2, 0) is 11.3 Å². The van der Waals surface area contributed by atoms with E-state index in [1.165, 1.54) is 0 Å². The van der Waals surface area contributed by atoms with Gasteiger partial charge in [0.25, 0.3) is 5.91 Å². The van der Waals surface area contributed by atoms with Crippen molar-refractivity contribution < 1.29 is 14.3 Å². The first-order valence-electron chi connectivity index (χ1n) is 13.8. The van der Waals surface area contributed by atoms with Crippen LogP contribution in [0.25, 0.3) is 11.0 Å². The standard InChI is InChI=1S/C32H32N6O3/c1-41-25-13-9-10-22(18-25)21-34-32(40)26(20-33)29-30(38-16-7-2-3-8-17-38)37-28-19-23(14-15-27(28)36-29)31(39)35-24-11-5-4-6-12-24/h4-6,9-15,18-19,26H,2-3,7-8,16-17,21H2,1H3,(H,34,40)(H,35,39). The second kappa shape index (κ2) is 12.9. The number of carbonyl (C=O) groups is 2. The quantitative estimate of drug-likeness (QED) is 0.311. The number of benzene rings is 3. The van der Waals surface area contributed by atoms with Crippen molar-refractivity contribution in [2.45, 2.75) is 38.1 Å². The summed E-state index contributed by atoms with van der Waals surface area (Å²) in [7, 11) is 1.59. The largest absolute Gasteiger partial charge is 0.497 e. The van der Waals surface area contributed by atoms with Crippen molar-refractivity contribution in [1.29, 1.82) is 5.26 Å². The van der Waals surface area contributed by atoms with Gasteiger partial charge in [-0.2, -0.15) is 5.26 Å². The Balaban J connectivity index is 1.47. The summed E-state index contributed by atoms with van der Waals surface area (Å²) in [5.74, 6) is -0.653. The molecule has 1 unspecified atom stereocenters. The van der Waals surface area contributed by atoms with Crippen molar-refractivity contribution in [1.82, 2.24) is 15.3 Å². The van der Waals surface area contributed by atoms with E-state index in [2.05, 4.69) is 21.6 Å². The van der Waals surface area contributed by atoms with E-state index < -0.39 is 11.8 Å². The molecule has 0 radical (unpaired) electrons. The molecule has 2 N–H and O–H groups in total. The number of fused-ring (bicyclic) bond motifs is 1. The molecule has 9 heteroatoms. The van der Waals surface area contributed by atoms with Crippen molar-refractivity contribution in [2.24, 2.45) is 0 Å². The average molecular weight is 549 g/mol. The number of carbonyl (C=O) groups excluding carboxylic acids is 2. The molecule has 0 bridgehead atoms. The van der Waals surface area contributed by atoms with Crippen LogP contribution in [0.2, 0.25) is 0 Å². The fourth-order valence-corrected chi connectivity index (χ4v) is 4.95. The maximum atomic E-state index is 13.4. The lowest BCUT2D eigenvalue weighted by Crippen LogP contribution is -2.32. The predicted octanol–water partition coefficient (Wildman–Crippen LogP) is 5.19. The van der Waals surface area contributed by atoms with Crippen LogP contribution >= 0.6 is 0 Å². The Kier molecular flexibility index (Phi) is 8.70. The summed E-state index contributed by atoms with van der Waals surface area (Å²) < 4.78 is 5.27. The molecule has 1 aromatic heterocycles. The number of rotatable bonds is 8. The monoisotopic (exact) mass is 548 g/mol. The van der Waals surface area contributed by atoms with Gasteiger partial charge in [-0.25, -0.2) is 9.97 Å². The summed E-state index contributed by atoms with van der Waals surface area (Å²) in [6.45, 7) is 1.75. The highest BCUT2D eigenvalue weighted by Crippen LogP contribution is 2.30. The highest BCUT2D eigenvalue weighted by molar-refractivity contribution is 6.06. The Morgan fingerprint density at radius 3 is 2.46 bits per heavy atom. The fourth-order valence-electron chi connectivity index (χ4n) is 4.95. The minimum atomic E-state index is -1.16. The van der Waals surface area contributed by atoms with E-state index in [0.717, 1.165) is 44.3 Å². The van der Waals surface area contributed by atoms with Crippen LogP contribution in [0.1, 0.15) is 53.2 Å². The number of nitrogens with one attached hydrogen (secondary N) is 2. The molecule has 1 aliphatic rings. The minimum Gasteiger partial charge on any atom is -0.497 e. The zero-order valence-electron chi connectivity index (χ0n) is 23.0. The molecule has 3 aromatic carbocycles. The number of hydrogen-bond acceptors (Lipinski definition) is 7. The number of methoxy groups -OCH3 is 1. The van der Waals surface area contributed by atoms with Crippen molar-refractivity contribution in [3.63, 3.8) is 0 Å². The Hall–Kier alpha value is -4.97. The Bertz CT molecular complexity index is 1580. The van der Waals surface area contributed by atoms with Gasteiger partial charge in [0.15, 0.2) is 11.7 Å². The zero-order valence-corrected chi connectivity index (χ0v) is 23.0. The first-order valence-corrected chi connectivity index (χ1v) is 13.8. The van der Waals surface area contributed by atoms with Gasteiger partial charge in [-0.15, -0.1) is 0 Å². The molecule has 4 aromatic rings. The number of para-hydroxylation sites is 1. The second-order valence-electron chi connectivity index (χ2n) is 9.99. The fraction of sp³-hybridized carbons (Fsp3) is 0.281. The predicted molar refractivity (Wildman–Crippen MR) is 158 cm³/mol. The van der Waals surface area contributed by atoms with Crippen LogP contribution < -0.4 is 20.3 Å². The summed E-state index contributed by atoms with van der Waals surface area (Å²) in [5.41, 5.74) is 3.36. The number of amides is 2. The van der Waals surface area contributed by atoms with Gasteiger partial charge in [0.2, 0.25) is 5.91 Å². The molecule has 0 spiro atoms. The van der Waals surface area contributed by atoms with E-state index in [-0.39, 0.29) is 12.5 Å². The molecule has 2 amide bonds. The lowest BCUT2D eigenvalue weighted by Gasteiger charge is -2.25. The third-order valence-electron chi connectivity index (χ3n) is 7.14. The van der Waals surface area contributed by atoms with Crippen LogP contribution in [0.5, 0.6) is 5.75 Å². The van der Waals surface area contributed by atoms with Gasteiger partial charge in [0, 0.05) is 30.9 Å². The molecule has 0 aliphatic carbocycles. The van der Waals surface area contributed by atoms with Crippen LogP contribution in [0.4, 0.5) is 11.5 Å². The minimum absolute atomic E-state index is 0.244. The maximum Gasteiger partial charge on any atom is 0.255 e. The molecule has 208 valence electrons. The van der Waals surface area contributed by atoms with E-state index in [4.69, 9.17) is 14.7 Å². The molecule has 1 saturated heterocycles. The first kappa shape index (κ1) is 27.6. The molecule has 0 saturated carbocycles. The van der Waals surface area contributed by atoms with Crippen LogP contribution in [0, 0.1) is 11.3 Å². The van der Waals surface area contributed by atoms with Gasteiger partial charge < -0.3 is 20.3 Å². The molecule has 1 atom stereocenters. The average Bonchev–Trinajstić information content (AvgIpc) is 3.30. The van der Waals surface area contributed by atoms with E-state index in [1.54, 1.807) is 25.3 Å². The smallest absolute Gasteiger partial charge is 0.255 e. The number of nitriles is 1. The number of aromatic nitrogens is 2. The summed E-state index contributed by atoms with van der Waals surface area (Å²) >= 11 is 0. The summed E-state index contributed by atoms with van der Waals surface area (Å²) in [6, 6.07) is 23.9. The van der Waals surface area contributed by atoms with E-state index in [9.17, 15) is 14.9 Å². The van der Waals surface area contributed by atoms with Crippen molar-refractivity contribution in [3.8, 4) is 11.8 Å². The lowest BCUT2D eigenvalue weighted by molar-refractivity contribution is -0.121. The summed E-state index contributed by atoms with van der Waals surface area (Å²) in [5, 5.41) is 15.9. The molecular formula is C32H32N6O3. The molecule has 2 heterocycles. The third-order valence-corrected chi connectivity index (χ3v) is 7.14. The van der Waals surface area contributed by atoms with Crippen LogP contribution in [-0.4, -0.2) is 42.0 Å². The summed E-state index contributed by atoms with van der Waals surface area (Å²) in [6.07, 6.45) is 4.19. The molecule has 9 nitrogen and oxygen atoms in total. The normalized spacial score (nSPS) is 14.0. The second-order valence-corrected chi connectivity index (χ2v) is 9.99. The molecule has 5 rings (SSSR count). The maximum absolute atomic E-state index is 13.4. The van der Waals surface area contributed by atoms with E-state index >= 15 is 0 Å². The Morgan fingerprint density at radius 2 is 1.73 bits per heavy atom. The zero-order chi connectivity index (χ0) is 28.6. The van der Waals surface area contributed by atoms with Gasteiger partial charge >= 0.3 is 0 Å². The summed E-state index contributed by atoms with van der Waals surface area (Å²) in [4.78, 5) is 38.1. The van der Waals surface area contributed by atoms with Crippen molar-refractivity contribution in [3.05, 3.63) is 89.6 Å². The first-order chi connectivity index (χ1) is 20.1. The number of nitrogens with zero attached hydrogens (tertiary/aromatic N) is 4. The van der Waals surface area contributed by atoms with Gasteiger partial charge in [-0.05, 0) is 60.9 Å². The third kappa shape index (κ3) is 6.61. The number of anilines is 2. The number of hydrogen-bond donors (Lipinski definition) is 2. The Labute approximate surface area is 239 Å². The van der Waals surface area contributed by atoms with Gasteiger partial charge in [-0.1, -0.05) is 43.2 Å². The topological polar surface area (TPSA) is 120 Å². The van der Waals surface area contributed by atoms with Gasteiger partial charge in [-0.3, -0.25) is 9.59 Å². The molecular weight excluding hydrogens is 516 g/mol. The van der Waals surface area contributed by atoms with Crippen molar-refractivity contribution in [2.75, 3.05) is 30.4 Å². The number of ether oxygens (including phenoxy) is 1. The SMILES string of the molecule is COc1cccc(CNC(=O)C(C#N)c2nc3ccc(C(=O)Nc4ccccc4)cc3nc2N2CCCCCC2)c1. The highest BCUT2D eigenvalue weighted by atomic mass is 16.5. The molecule has 1 aliphatic heterocycles. The molecule has 1 fully saturated rings. The van der Waals surface area contributed by atoms with E-state index in [1.807, 2.05) is 54.6 Å². The molecule has 41 heavy (non-hydrogen) atoms. The highest BCUT2D eigenvalue weighted by Gasteiger charge is 2.29. The lowest BCUT2D eigenvalue weighted by atomic mass is 10.0. The van der Waals surface area contributed by atoms with Crippen LogP contribution in [0.3, 0.4) is 0 Å². The van der Waals surface area contributed by atoms with E-state index in [0.29, 0.717) is 39.5 Å². The van der Waals surface area contributed by atoms with Crippen molar-refractivity contribution >= 4 is 34.4 Å². The Morgan fingerprint density at radius 1 is 0.951 bits per heavy atom. The van der Waals surface area contributed by atoms with Gasteiger partial charge in [0.1, 0.15) is 11.4 Å². The van der Waals surface area contributed by atoms with Gasteiger partial charge in [0.05, 0.1) is 24.2 Å². The van der Waals surface area contributed by atoms with Crippen LogP contribution in [0.15, 0.2) is 72.8 Å².